The highest BCUT2D eigenvalue weighted by molar-refractivity contribution is 8.14. The third kappa shape index (κ3) is 11.2. The highest BCUT2D eigenvalue weighted by atomic mass is 32.2. The first-order valence-electron chi connectivity index (χ1n) is 10.9. The van der Waals surface area contributed by atoms with E-state index in [9.17, 15) is 27.6 Å². The number of hydrogen-bond donors (Lipinski definition) is 2. The molecule has 0 aromatic carbocycles. The number of carbonyl (C=O) groups is 4. The first kappa shape index (κ1) is 31.2. The molecule has 1 aromatic heterocycles. The predicted molar refractivity (Wildman–Crippen MR) is 125 cm³/mol. The van der Waals surface area contributed by atoms with Crippen LogP contribution in [-0.4, -0.2) is 74.8 Å². The van der Waals surface area contributed by atoms with Crippen molar-refractivity contribution >= 4 is 41.0 Å². The molecule has 1 aliphatic heterocycles. The van der Waals surface area contributed by atoms with Crippen LogP contribution in [0.2, 0.25) is 0 Å². The van der Waals surface area contributed by atoms with Crippen molar-refractivity contribution in [3.63, 3.8) is 0 Å². The van der Waals surface area contributed by atoms with Crippen LogP contribution in [0.25, 0.3) is 6.08 Å². The lowest BCUT2D eigenvalue weighted by atomic mass is 10.0. The molecule has 14 heteroatoms. The maximum Gasteiger partial charge on any atom is 0.490 e. The van der Waals surface area contributed by atoms with E-state index in [0.717, 1.165) is 23.2 Å². The number of piperidine rings is 1. The van der Waals surface area contributed by atoms with Gasteiger partial charge in [-0.05, 0) is 58.4 Å². The Morgan fingerprint density at radius 2 is 1.89 bits per heavy atom. The van der Waals surface area contributed by atoms with Gasteiger partial charge in [-0.25, -0.2) is 9.59 Å². The standard InChI is InChI=1S/C20H29N3O5S.C2HF3O2/c1-6-27-18(25)11-16-10-15(22-23(16)19(26)28-20(3,4)5)9-14-12-21-8-7-17(14)29-13(2)24;3-2(4,5)1(6)7/h9-10,17,21H,6-8,11-12H2,1-5H3;(H,6,7). The topological polar surface area (TPSA) is 137 Å². The van der Waals surface area contributed by atoms with Crippen molar-refractivity contribution in [3.8, 4) is 0 Å². The van der Waals surface area contributed by atoms with Gasteiger partial charge in [0.05, 0.1) is 24.4 Å². The third-order valence-electron chi connectivity index (χ3n) is 4.21. The Hall–Kier alpha value is -2.87. The monoisotopic (exact) mass is 537 g/mol. The molecule has 1 aromatic rings. The summed E-state index contributed by atoms with van der Waals surface area (Å²) in [5, 5.41) is 14.9. The molecule has 0 aliphatic carbocycles. The highest BCUT2D eigenvalue weighted by Crippen LogP contribution is 2.27. The van der Waals surface area contributed by atoms with Crippen LogP contribution in [0.1, 0.15) is 52.4 Å². The molecule has 0 radical (unpaired) electrons. The number of carbonyl (C=O) groups excluding carboxylic acids is 3. The zero-order valence-corrected chi connectivity index (χ0v) is 21.4. The number of thioether (sulfide) groups is 1. The molecular weight excluding hydrogens is 507 g/mol. The number of nitrogens with zero attached hydrogens (tertiary/aromatic N) is 2. The van der Waals surface area contributed by atoms with E-state index in [-0.39, 0.29) is 23.4 Å². The number of esters is 1. The zero-order chi connectivity index (χ0) is 27.7. The molecule has 2 heterocycles. The van der Waals surface area contributed by atoms with Gasteiger partial charge >= 0.3 is 24.2 Å². The number of alkyl halides is 3. The van der Waals surface area contributed by atoms with Crippen molar-refractivity contribution in [2.45, 2.75) is 64.5 Å². The van der Waals surface area contributed by atoms with Crippen LogP contribution in [0.15, 0.2) is 11.6 Å². The summed E-state index contributed by atoms with van der Waals surface area (Å²) in [6, 6.07) is 1.68. The van der Waals surface area contributed by atoms with Crippen LogP contribution < -0.4 is 5.32 Å². The SMILES string of the molecule is CCOC(=O)Cc1cc(C=C2CNCCC2SC(C)=O)nn1C(=O)OC(C)(C)C.O=C(O)C(F)(F)F. The molecule has 0 amide bonds. The van der Waals surface area contributed by atoms with Crippen LogP contribution in [0, 0.1) is 0 Å². The molecule has 2 rings (SSSR count). The lowest BCUT2D eigenvalue weighted by Crippen LogP contribution is -2.32. The lowest BCUT2D eigenvalue weighted by molar-refractivity contribution is -0.192. The first-order valence-corrected chi connectivity index (χ1v) is 11.8. The summed E-state index contributed by atoms with van der Waals surface area (Å²) in [6.45, 7) is 10.3. The molecule has 10 nitrogen and oxygen atoms in total. The molecule has 1 unspecified atom stereocenters. The smallest absolute Gasteiger partial charge is 0.475 e. The van der Waals surface area contributed by atoms with Crippen molar-refractivity contribution in [1.82, 2.24) is 15.1 Å². The van der Waals surface area contributed by atoms with Gasteiger partial charge in [-0.3, -0.25) is 9.59 Å². The van der Waals surface area contributed by atoms with Gasteiger partial charge in [0.25, 0.3) is 0 Å². The van der Waals surface area contributed by atoms with Crippen LogP contribution in [0.3, 0.4) is 0 Å². The molecule has 2 N–H and O–H groups in total. The number of nitrogens with one attached hydrogen (secondary N) is 1. The van der Waals surface area contributed by atoms with E-state index in [4.69, 9.17) is 19.4 Å². The van der Waals surface area contributed by atoms with Crippen LogP contribution in [0.4, 0.5) is 18.0 Å². The Morgan fingerprint density at radius 1 is 1.28 bits per heavy atom. The van der Waals surface area contributed by atoms with Crippen molar-refractivity contribution in [2.24, 2.45) is 0 Å². The van der Waals surface area contributed by atoms with Crippen molar-refractivity contribution in [3.05, 3.63) is 23.0 Å². The van der Waals surface area contributed by atoms with Crippen LogP contribution >= 0.6 is 11.8 Å². The first-order chi connectivity index (χ1) is 16.5. The molecule has 0 spiro atoms. The second kappa shape index (κ2) is 13.4. The lowest BCUT2D eigenvalue weighted by Gasteiger charge is -2.24. The van der Waals surface area contributed by atoms with E-state index in [0.29, 0.717) is 17.9 Å². The van der Waals surface area contributed by atoms with Gasteiger partial charge in [0, 0.05) is 18.7 Å². The summed E-state index contributed by atoms with van der Waals surface area (Å²) < 4.78 is 43.3. The molecule has 36 heavy (non-hydrogen) atoms. The maximum absolute atomic E-state index is 12.6. The van der Waals surface area contributed by atoms with Crippen LogP contribution in [-0.2, 0) is 30.3 Å². The summed E-state index contributed by atoms with van der Waals surface area (Å²) in [7, 11) is 0. The number of halogens is 3. The van der Waals surface area contributed by atoms with Gasteiger partial charge in [-0.2, -0.15) is 23.0 Å². The average Bonchev–Trinajstić information content (AvgIpc) is 3.10. The van der Waals surface area contributed by atoms with Crippen molar-refractivity contribution in [2.75, 3.05) is 19.7 Å². The zero-order valence-electron chi connectivity index (χ0n) is 20.6. The molecule has 202 valence electrons. The van der Waals surface area contributed by atoms with E-state index in [2.05, 4.69) is 10.4 Å². The Morgan fingerprint density at radius 3 is 2.39 bits per heavy atom. The molecular formula is C22H30F3N3O7S. The van der Waals surface area contributed by atoms with Gasteiger partial charge in [0.1, 0.15) is 5.60 Å². The van der Waals surface area contributed by atoms with E-state index < -0.39 is 29.8 Å². The average molecular weight is 538 g/mol. The molecule has 1 atom stereocenters. The Kier molecular flexibility index (Phi) is 11.6. The minimum absolute atomic E-state index is 0.0603. The predicted octanol–water partition coefficient (Wildman–Crippen LogP) is 3.43. The molecule has 1 saturated heterocycles. The van der Waals surface area contributed by atoms with E-state index in [1.807, 2.05) is 6.08 Å². The van der Waals surface area contributed by atoms with Crippen molar-refractivity contribution in [1.29, 1.82) is 0 Å². The maximum atomic E-state index is 12.6. The summed E-state index contributed by atoms with van der Waals surface area (Å²) >= 11 is 1.30. The fraction of sp³-hybridized carbons (Fsp3) is 0.591. The van der Waals surface area contributed by atoms with Gasteiger partial charge in [-0.15, -0.1) is 0 Å². The van der Waals surface area contributed by atoms with E-state index in [1.54, 1.807) is 40.7 Å². The van der Waals surface area contributed by atoms with Gasteiger partial charge in [0.2, 0.25) is 0 Å². The number of ether oxygens (including phenoxy) is 2. The second-order valence-electron chi connectivity index (χ2n) is 8.52. The summed E-state index contributed by atoms with van der Waals surface area (Å²) in [5.41, 5.74) is 1.25. The fourth-order valence-electron chi connectivity index (χ4n) is 2.89. The largest absolute Gasteiger partial charge is 0.490 e. The number of hydrogen-bond acceptors (Lipinski definition) is 9. The van der Waals surface area contributed by atoms with Gasteiger partial charge < -0.3 is 19.9 Å². The number of aliphatic carboxylic acids is 1. The Bertz CT molecular complexity index is 985. The normalized spacial score (nSPS) is 17.1. The third-order valence-corrected chi connectivity index (χ3v) is 5.36. The van der Waals surface area contributed by atoms with Gasteiger partial charge in [0.15, 0.2) is 5.12 Å². The Labute approximate surface area is 210 Å². The minimum atomic E-state index is -5.08. The van der Waals surface area contributed by atoms with Gasteiger partial charge in [-0.1, -0.05) is 11.8 Å². The Balaban J connectivity index is 0.000000809. The van der Waals surface area contributed by atoms with Crippen LogP contribution in [0.5, 0.6) is 0 Å². The summed E-state index contributed by atoms with van der Waals surface area (Å²) in [5.74, 6) is -3.20. The summed E-state index contributed by atoms with van der Waals surface area (Å²) in [4.78, 5) is 45.0. The number of carboxylic acid groups (broad SMARTS) is 1. The molecule has 1 aliphatic rings. The number of carboxylic acids is 1. The summed E-state index contributed by atoms with van der Waals surface area (Å²) in [6.07, 6.45) is -3.13. The molecule has 0 saturated carbocycles. The van der Waals surface area contributed by atoms with Crippen molar-refractivity contribution < 1.29 is 46.9 Å². The molecule has 0 bridgehead atoms. The number of rotatable bonds is 5. The second-order valence-corrected chi connectivity index (χ2v) is 9.90. The minimum Gasteiger partial charge on any atom is -0.475 e. The number of aromatic nitrogens is 2. The van der Waals surface area contributed by atoms with E-state index in [1.165, 1.54) is 11.8 Å². The highest BCUT2D eigenvalue weighted by Gasteiger charge is 2.38. The quantitative estimate of drug-likeness (QED) is 0.538. The van der Waals surface area contributed by atoms with E-state index >= 15 is 0 Å². The molecule has 1 fully saturated rings. The fourth-order valence-corrected chi connectivity index (χ4v) is 3.83.